The predicted molar refractivity (Wildman–Crippen MR) is 94.3 cm³/mol. The molecule has 1 aliphatic rings. The van der Waals surface area contributed by atoms with E-state index in [1.807, 2.05) is 43.6 Å². The molecule has 0 spiro atoms. The summed E-state index contributed by atoms with van der Waals surface area (Å²) in [7, 11) is 0. The van der Waals surface area contributed by atoms with Crippen molar-refractivity contribution in [1.82, 2.24) is 15.2 Å². The normalized spacial score (nSPS) is 16.0. The van der Waals surface area contributed by atoms with Crippen molar-refractivity contribution in [2.45, 2.75) is 39.2 Å². The van der Waals surface area contributed by atoms with Crippen molar-refractivity contribution in [2.75, 3.05) is 6.54 Å². The molecule has 2 N–H and O–H groups in total. The highest BCUT2D eigenvalue weighted by Crippen LogP contribution is 2.45. The van der Waals surface area contributed by atoms with Gasteiger partial charge in [0.2, 0.25) is 5.91 Å². The summed E-state index contributed by atoms with van der Waals surface area (Å²) in [5, 5.41) is 13.1. The number of aromatic amines is 1. The van der Waals surface area contributed by atoms with Crippen LogP contribution in [0.25, 0.3) is 10.9 Å². The van der Waals surface area contributed by atoms with Gasteiger partial charge in [0.05, 0.1) is 0 Å². The number of hydrogen-bond acceptors (Lipinski definition) is 3. The number of rotatable bonds is 6. The van der Waals surface area contributed by atoms with Gasteiger partial charge in [0, 0.05) is 35.5 Å². The summed E-state index contributed by atoms with van der Waals surface area (Å²) in [5.41, 5.74) is 1.56. The summed E-state index contributed by atoms with van der Waals surface area (Å²) in [6.45, 7) is 3.93. The lowest BCUT2D eigenvalue weighted by atomic mass is 10.0. The van der Waals surface area contributed by atoms with E-state index in [0.29, 0.717) is 6.42 Å². The molecule has 3 rings (SSSR count). The first-order valence-corrected chi connectivity index (χ1v) is 8.55. The Morgan fingerprint density at radius 1 is 1.40 bits per heavy atom. The Morgan fingerprint density at radius 2 is 2.12 bits per heavy atom. The van der Waals surface area contributed by atoms with Crippen molar-refractivity contribution in [1.29, 1.82) is 5.26 Å². The third-order valence-electron chi connectivity index (χ3n) is 4.95. The topological polar surface area (TPSA) is 89.0 Å². The maximum Gasteiger partial charge on any atom is 0.258 e. The molecule has 2 amide bonds. The van der Waals surface area contributed by atoms with E-state index < -0.39 is 6.04 Å². The molecule has 1 aromatic carbocycles. The number of para-hydroxylation sites is 1. The fourth-order valence-electron chi connectivity index (χ4n) is 2.93. The lowest BCUT2D eigenvalue weighted by Crippen LogP contribution is -2.50. The van der Waals surface area contributed by atoms with Gasteiger partial charge < -0.3 is 10.3 Å². The number of carbonyl (C=O) groups excluding carboxylic acids is 2. The second kappa shape index (κ2) is 6.60. The fourth-order valence-corrected chi connectivity index (χ4v) is 2.93. The first kappa shape index (κ1) is 17.0. The van der Waals surface area contributed by atoms with Crippen LogP contribution in [0.4, 0.5) is 0 Å². The standard InChI is InChI=1S/C19H22N4O2/c1-3-23(12-20)17(24)16(22-18(25)19(2)8-9-19)10-13-11-21-15-7-5-4-6-14(13)15/h4-7,11,16,21H,3,8-10H2,1-2H3,(H,22,25). The summed E-state index contributed by atoms with van der Waals surface area (Å²) in [4.78, 5) is 29.5. The zero-order valence-corrected chi connectivity index (χ0v) is 14.5. The number of hydrogen-bond donors (Lipinski definition) is 2. The maximum atomic E-state index is 12.7. The number of nitriles is 1. The van der Waals surface area contributed by atoms with E-state index in [0.717, 1.165) is 34.2 Å². The number of aromatic nitrogens is 1. The van der Waals surface area contributed by atoms with Gasteiger partial charge >= 0.3 is 0 Å². The van der Waals surface area contributed by atoms with Crippen LogP contribution in [0, 0.1) is 16.9 Å². The number of benzene rings is 1. The van der Waals surface area contributed by atoms with Gasteiger partial charge in [-0.2, -0.15) is 5.26 Å². The molecule has 1 aliphatic carbocycles. The van der Waals surface area contributed by atoms with E-state index in [1.165, 1.54) is 0 Å². The van der Waals surface area contributed by atoms with E-state index in [4.69, 9.17) is 0 Å². The first-order valence-electron chi connectivity index (χ1n) is 8.55. The molecule has 1 saturated carbocycles. The average molecular weight is 338 g/mol. The summed E-state index contributed by atoms with van der Waals surface area (Å²) >= 11 is 0. The Morgan fingerprint density at radius 3 is 2.76 bits per heavy atom. The molecular weight excluding hydrogens is 316 g/mol. The Hall–Kier alpha value is -2.81. The van der Waals surface area contributed by atoms with Gasteiger partial charge in [-0.25, -0.2) is 4.90 Å². The minimum atomic E-state index is -0.747. The summed E-state index contributed by atoms with van der Waals surface area (Å²) in [6.07, 6.45) is 5.78. The van der Waals surface area contributed by atoms with Crippen molar-refractivity contribution in [2.24, 2.45) is 5.41 Å². The van der Waals surface area contributed by atoms with Crippen molar-refractivity contribution >= 4 is 22.7 Å². The van der Waals surface area contributed by atoms with Gasteiger partial charge in [-0.3, -0.25) is 9.59 Å². The van der Waals surface area contributed by atoms with Crippen LogP contribution in [0.5, 0.6) is 0 Å². The van der Waals surface area contributed by atoms with Crippen molar-refractivity contribution in [3.63, 3.8) is 0 Å². The van der Waals surface area contributed by atoms with E-state index >= 15 is 0 Å². The molecule has 1 atom stereocenters. The molecule has 0 saturated heterocycles. The number of H-pyrrole nitrogens is 1. The van der Waals surface area contributed by atoms with E-state index in [1.54, 1.807) is 6.92 Å². The second-order valence-corrected chi connectivity index (χ2v) is 6.83. The van der Waals surface area contributed by atoms with Gasteiger partial charge in [-0.1, -0.05) is 25.1 Å². The molecule has 0 bridgehead atoms. The number of amides is 2. The predicted octanol–water partition coefficient (Wildman–Crippen LogP) is 2.32. The summed E-state index contributed by atoms with van der Waals surface area (Å²) < 4.78 is 0. The van der Waals surface area contributed by atoms with Gasteiger partial charge in [0.1, 0.15) is 6.04 Å². The molecule has 6 nitrogen and oxygen atoms in total. The molecule has 1 fully saturated rings. The molecule has 1 unspecified atom stereocenters. The number of fused-ring (bicyclic) bond motifs is 1. The first-order chi connectivity index (χ1) is 12.0. The van der Waals surface area contributed by atoms with E-state index in [-0.39, 0.29) is 23.8 Å². The molecular formula is C19H22N4O2. The molecule has 1 heterocycles. The van der Waals surface area contributed by atoms with Crippen molar-refractivity contribution in [3.8, 4) is 6.19 Å². The summed E-state index contributed by atoms with van der Waals surface area (Å²) in [5.74, 6) is -0.479. The van der Waals surface area contributed by atoms with Crippen LogP contribution in [0.1, 0.15) is 32.3 Å². The Kier molecular flexibility index (Phi) is 4.49. The minimum Gasteiger partial charge on any atom is -0.361 e. The summed E-state index contributed by atoms with van der Waals surface area (Å²) in [6, 6.07) is 7.08. The van der Waals surface area contributed by atoms with Gasteiger partial charge in [-0.15, -0.1) is 0 Å². The van der Waals surface area contributed by atoms with E-state index in [9.17, 15) is 14.9 Å². The molecule has 6 heteroatoms. The van der Waals surface area contributed by atoms with Crippen LogP contribution in [0.15, 0.2) is 30.5 Å². The molecule has 25 heavy (non-hydrogen) atoms. The number of nitrogens with zero attached hydrogens (tertiary/aromatic N) is 2. The maximum absolute atomic E-state index is 12.7. The number of carbonyl (C=O) groups is 2. The average Bonchev–Trinajstić information content (AvgIpc) is 3.25. The minimum absolute atomic E-state index is 0.111. The van der Waals surface area contributed by atoms with Crippen LogP contribution < -0.4 is 5.32 Å². The second-order valence-electron chi connectivity index (χ2n) is 6.83. The quantitative estimate of drug-likeness (QED) is 0.626. The van der Waals surface area contributed by atoms with Gasteiger partial charge in [0.15, 0.2) is 6.19 Å². The third kappa shape index (κ3) is 3.36. The van der Waals surface area contributed by atoms with Crippen molar-refractivity contribution < 1.29 is 9.59 Å². The third-order valence-corrected chi connectivity index (χ3v) is 4.95. The van der Waals surface area contributed by atoms with Crippen molar-refractivity contribution in [3.05, 3.63) is 36.0 Å². The zero-order valence-electron chi connectivity index (χ0n) is 14.5. The van der Waals surface area contributed by atoms with Crippen LogP contribution in [0.2, 0.25) is 0 Å². The Balaban J connectivity index is 1.86. The molecule has 130 valence electrons. The van der Waals surface area contributed by atoms with Crippen LogP contribution in [-0.4, -0.2) is 34.3 Å². The highest BCUT2D eigenvalue weighted by atomic mass is 16.2. The monoisotopic (exact) mass is 338 g/mol. The van der Waals surface area contributed by atoms with Crippen LogP contribution in [-0.2, 0) is 16.0 Å². The van der Waals surface area contributed by atoms with E-state index in [2.05, 4.69) is 10.3 Å². The molecule has 0 radical (unpaired) electrons. The fraction of sp³-hybridized carbons (Fsp3) is 0.421. The zero-order chi connectivity index (χ0) is 18.0. The lowest BCUT2D eigenvalue weighted by molar-refractivity contribution is -0.135. The van der Waals surface area contributed by atoms with Gasteiger partial charge in [0.25, 0.3) is 5.91 Å². The SMILES string of the molecule is CCN(C#N)C(=O)C(Cc1c[nH]c2ccccc12)NC(=O)C1(C)CC1. The highest BCUT2D eigenvalue weighted by Gasteiger charge is 2.46. The smallest absolute Gasteiger partial charge is 0.258 e. The Bertz CT molecular complexity index is 844. The lowest BCUT2D eigenvalue weighted by Gasteiger charge is -2.23. The highest BCUT2D eigenvalue weighted by molar-refractivity contribution is 5.92. The van der Waals surface area contributed by atoms with Crippen LogP contribution in [0.3, 0.4) is 0 Å². The number of likely N-dealkylation sites (N-methyl/N-ethyl adjacent to an activating group) is 1. The molecule has 2 aromatic rings. The molecule has 0 aliphatic heterocycles. The Labute approximate surface area is 146 Å². The largest absolute Gasteiger partial charge is 0.361 e. The number of nitrogens with one attached hydrogen (secondary N) is 2. The van der Waals surface area contributed by atoms with Crippen LogP contribution >= 0.6 is 0 Å². The van der Waals surface area contributed by atoms with Gasteiger partial charge in [-0.05, 0) is 31.4 Å². The molecule has 1 aromatic heterocycles.